The molecule has 3 aromatic carbocycles. The number of aryl methyl sites for hydroxylation is 1. The quantitative estimate of drug-likeness (QED) is 0.266. The van der Waals surface area contributed by atoms with Gasteiger partial charge in [-0.1, -0.05) is 24.3 Å². The van der Waals surface area contributed by atoms with Crippen molar-refractivity contribution in [2.75, 3.05) is 7.11 Å². The number of nitrogens with zero attached hydrogens (tertiary/aromatic N) is 1. The van der Waals surface area contributed by atoms with Crippen LogP contribution in [0.3, 0.4) is 0 Å². The van der Waals surface area contributed by atoms with Gasteiger partial charge in [0.1, 0.15) is 33.9 Å². The summed E-state index contributed by atoms with van der Waals surface area (Å²) in [5.74, 6) is 0.172. The van der Waals surface area contributed by atoms with Crippen LogP contribution in [0.25, 0.3) is 31.8 Å². The van der Waals surface area contributed by atoms with E-state index in [1.807, 2.05) is 24.3 Å². The van der Waals surface area contributed by atoms with Crippen molar-refractivity contribution in [3.63, 3.8) is 0 Å². The molecular weight excluding hydrogens is 426 g/mol. The Morgan fingerprint density at radius 3 is 2.59 bits per heavy atom. The van der Waals surface area contributed by atoms with Crippen molar-refractivity contribution in [1.82, 2.24) is 4.98 Å². The molecule has 0 aliphatic heterocycles. The lowest BCUT2D eigenvalue weighted by Crippen LogP contribution is -2.11. The van der Waals surface area contributed by atoms with Crippen LogP contribution >= 0.6 is 11.3 Å². The normalized spacial score (nSPS) is 11.1. The van der Waals surface area contributed by atoms with E-state index in [9.17, 15) is 9.59 Å². The molecule has 0 radical (unpaired) electrons. The van der Waals surface area contributed by atoms with Gasteiger partial charge in [-0.2, -0.15) is 0 Å². The Bertz CT molecular complexity index is 1520. The highest BCUT2D eigenvalue weighted by Gasteiger charge is 2.19. The average molecular weight is 443 g/mol. The molecule has 158 valence electrons. The minimum Gasteiger partial charge on any atom is -0.496 e. The van der Waals surface area contributed by atoms with Crippen LogP contribution in [0.15, 0.2) is 76.1 Å². The molecule has 2 heterocycles. The van der Waals surface area contributed by atoms with Crippen molar-refractivity contribution >= 4 is 38.5 Å². The number of methoxy groups -OCH3 is 1. The van der Waals surface area contributed by atoms with E-state index < -0.39 is 5.97 Å². The van der Waals surface area contributed by atoms with Crippen LogP contribution in [0.2, 0.25) is 0 Å². The fourth-order valence-corrected chi connectivity index (χ4v) is 4.50. The molecule has 0 amide bonds. The molecule has 5 rings (SSSR count). The first kappa shape index (κ1) is 20.0. The maximum absolute atomic E-state index is 13.2. The number of carbonyl (C=O) groups is 1. The van der Waals surface area contributed by atoms with Gasteiger partial charge in [0.15, 0.2) is 0 Å². The fourth-order valence-electron chi connectivity index (χ4n) is 3.53. The standard InChI is InChI=1S/C25H17NO5S/c1-14-19(31-25(28)15-7-3-5-9-20(15)29-2)12-11-16-22(27)17(13-30-23(14)16)24-26-18-8-4-6-10-21(18)32-24/h3-13H,1-2H3. The number of thiazole rings is 1. The lowest BCUT2D eigenvalue weighted by Gasteiger charge is -2.11. The molecule has 0 aliphatic carbocycles. The number of ether oxygens (including phenoxy) is 2. The van der Waals surface area contributed by atoms with Gasteiger partial charge < -0.3 is 13.9 Å². The van der Waals surface area contributed by atoms with Crippen LogP contribution in [-0.2, 0) is 0 Å². The summed E-state index contributed by atoms with van der Waals surface area (Å²) in [4.78, 5) is 30.4. The lowest BCUT2D eigenvalue weighted by molar-refractivity contribution is 0.0730. The van der Waals surface area contributed by atoms with Crippen LogP contribution in [0.1, 0.15) is 15.9 Å². The number of para-hydroxylation sites is 2. The van der Waals surface area contributed by atoms with Gasteiger partial charge in [-0.3, -0.25) is 4.79 Å². The molecule has 0 N–H and O–H groups in total. The SMILES string of the molecule is COc1ccccc1C(=O)Oc1ccc2c(=O)c(-c3nc4ccccc4s3)coc2c1C. The Labute approximate surface area is 186 Å². The summed E-state index contributed by atoms with van der Waals surface area (Å²) in [6, 6.07) is 17.7. The highest BCUT2D eigenvalue weighted by Crippen LogP contribution is 2.32. The third kappa shape index (κ3) is 3.33. The van der Waals surface area contributed by atoms with Gasteiger partial charge in [0.05, 0.1) is 28.3 Å². The minimum absolute atomic E-state index is 0.184. The van der Waals surface area contributed by atoms with E-state index in [1.165, 1.54) is 24.7 Å². The Morgan fingerprint density at radius 2 is 1.78 bits per heavy atom. The summed E-state index contributed by atoms with van der Waals surface area (Å²) in [6.07, 6.45) is 1.42. The Kier molecular flexibility index (Phi) is 4.95. The number of hydrogen-bond acceptors (Lipinski definition) is 7. The summed E-state index contributed by atoms with van der Waals surface area (Å²) >= 11 is 1.44. The van der Waals surface area contributed by atoms with Crippen LogP contribution < -0.4 is 14.9 Å². The maximum atomic E-state index is 13.2. The molecule has 0 aliphatic rings. The largest absolute Gasteiger partial charge is 0.496 e. The molecule has 0 atom stereocenters. The van der Waals surface area contributed by atoms with E-state index in [4.69, 9.17) is 13.9 Å². The van der Waals surface area contributed by atoms with E-state index in [0.717, 1.165) is 10.2 Å². The number of esters is 1. The maximum Gasteiger partial charge on any atom is 0.347 e. The van der Waals surface area contributed by atoms with Gasteiger partial charge in [-0.05, 0) is 43.3 Å². The number of benzene rings is 3. The molecule has 7 heteroatoms. The van der Waals surface area contributed by atoms with Gasteiger partial charge in [-0.25, -0.2) is 9.78 Å². The van der Waals surface area contributed by atoms with Gasteiger partial charge in [0.2, 0.25) is 5.43 Å². The number of fused-ring (bicyclic) bond motifs is 2. The Hall–Kier alpha value is -3.97. The predicted octanol–water partition coefficient (Wildman–Crippen LogP) is 5.61. The van der Waals surface area contributed by atoms with E-state index in [1.54, 1.807) is 43.3 Å². The summed E-state index contributed by atoms with van der Waals surface area (Å²) in [5.41, 5.74) is 2.28. The first-order valence-electron chi connectivity index (χ1n) is 9.83. The topological polar surface area (TPSA) is 78.6 Å². The van der Waals surface area contributed by atoms with Crippen molar-refractivity contribution in [3.05, 3.63) is 88.3 Å². The second kappa shape index (κ2) is 7.94. The third-order valence-corrected chi connectivity index (χ3v) is 6.26. The Balaban J connectivity index is 1.54. The monoisotopic (exact) mass is 443 g/mol. The van der Waals surface area contributed by atoms with E-state index in [0.29, 0.717) is 44.2 Å². The molecular formula is C25H17NO5S. The summed E-state index contributed by atoms with van der Waals surface area (Å²) in [6.45, 7) is 1.74. The van der Waals surface area contributed by atoms with Crippen LogP contribution in [0, 0.1) is 6.92 Å². The van der Waals surface area contributed by atoms with Crippen molar-refractivity contribution in [2.24, 2.45) is 0 Å². The smallest absolute Gasteiger partial charge is 0.347 e. The fraction of sp³-hybridized carbons (Fsp3) is 0.0800. The molecule has 0 spiro atoms. The zero-order chi connectivity index (χ0) is 22.2. The van der Waals surface area contributed by atoms with E-state index in [-0.39, 0.29) is 5.43 Å². The number of carbonyl (C=O) groups excluding carboxylic acids is 1. The van der Waals surface area contributed by atoms with Crippen LogP contribution in [0.4, 0.5) is 0 Å². The number of hydrogen-bond donors (Lipinski definition) is 0. The van der Waals surface area contributed by atoms with Crippen molar-refractivity contribution in [1.29, 1.82) is 0 Å². The molecule has 32 heavy (non-hydrogen) atoms. The molecule has 6 nitrogen and oxygen atoms in total. The van der Waals surface area contributed by atoms with E-state index >= 15 is 0 Å². The minimum atomic E-state index is -0.557. The van der Waals surface area contributed by atoms with Gasteiger partial charge in [0, 0.05) is 5.56 Å². The molecule has 0 bridgehead atoms. The van der Waals surface area contributed by atoms with Crippen molar-refractivity contribution in [2.45, 2.75) is 6.92 Å². The summed E-state index contributed by atoms with van der Waals surface area (Å²) < 4.78 is 17.6. The summed E-state index contributed by atoms with van der Waals surface area (Å²) in [7, 11) is 1.49. The zero-order valence-electron chi connectivity index (χ0n) is 17.2. The van der Waals surface area contributed by atoms with Crippen molar-refractivity contribution in [3.8, 4) is 22.1 Å². The first-order chi connectivity index (χ1) is 15.6. The second-order valence-electron chi connectivity index (χ2n) is 7.12. The Morgan fingerprint density at radius 1 is 1.00 bits per heavy atom. The molecule has 0 saturated carbocycles. The van der Waals surface area contributed by atoms with Crippen LogP contribution in [-0.4, -0.2) is 18.1 Å². The number of aromatic nitrogens is 1. The molecule has 2 aromatic heterocycles. The zero-order valence-corrected chi connectivity index (χ0v) is 18.1. The first-order valence-corrected chi connectivity index (χ1v) is 10.6. The highest BCUT2D eigenvalue weighted by atomic mass is 32.1. The highest BCUT2D eigenvalue weighted by molar-refractivity contribution is 7.21. The van der Waals surface area contributed by atoms with Gasteiger partial charge >= 0.3 is 5.97 Å². The van der Waals surface area contributed by atoms with Gasteiger partial charge in [-0.15, -0.1) is 11.3 Å². The van der Waals surface area contributed by atoms with Crippen molar-refractivity contribution < 1.29 is 18.7 Å². The van der Waals surface area contributed by atoms with E-state index in [2.05, 4.69) is 4.98 Å². The van der Waals surface area contributed by atoms with Gasteiger partial charge in [0.25, 0.3) is 0 Å². The lowest BCUT2D eigenvalue weighted by atomic mass is 10.1. The second-order valence-corrected chi connectivity index (χ2v) is 8.15. The molecule has 0 fully saturated rings. The number of rotatable bonds is 4. The predicted molar refractivity (Wildman–Crippen MR) is 124 cm³/mol. The average Bonchev–Trinajstić information content (AvgIpc) is 3.25. The molecule has 5 aromatic rings. The van der Waals surface area contributed by atoms with Crippen LogP contribution in [0.5, 0.6) is 11.5 Å². The molecule has 0 unspecified atom stereocenters. The summed E-state index contributed by atoms with van der Waals surface area (Å²) in [5, 5.41) is 1.00. The third-order valence-electron chi connectivity index (χ3n) is 5.19. The molecule has 0 saturated heterocycles.